The summed E-state index contributed by atoms with van der Waals surface area (Å²) >= 11 is 0. The molecule has 0 unspecified atom stereocenters. The molecule has 0 saturated carbocycles. The average Bonchev–Trinajstić information content (AvgIpc) is 2.55. The summed E-state index contributed by atoms with van der Waals surface area (Å²) in [6, 6.07) is -1.65. The van der Waals surface area contributed by atoms with Crippen LogP contribution in [0.2, 0.25) is 0 Å². The number of amides is 1. The molecule has 0 radical (unpaired) electrons. The van der Waals surface area contributed by atoms with Crippen LogP contribution in [-0.2, 0) is 38.1 Å². The van der Waals surface area contributed by atoms with Crippen LogP contribution in [0.15, 0.2) is 0 Å². The van der Waals surface area contributed by atoms with E-state index < -0.39 is 48.8 Å². The van der Waals surface area contributed by atoms with Crippen LogP contribution in [0.25, 0.3) is 0 Å². The van der Waals surface area contributed by atoms with Crippen LogP contribution in [0.4, 0.5) is 0 Å². The summed E-state index contributed by atoms with van der Waals surface area (Å²) in [6.45, 7) is 3.19. The Kier molecular flexibility index (Phi) is 12.0. The summed E-state index contributed by atoms with van der Waals surface area (Å²) < 4.78 is 19.3. The molecule has 0 aliphatic rings. The van der Waals surface area contributed by atoms with E-state index in [1.54, 1.807) is 6.92 Å². The van der Waals surface area contributed by atoms with Gasteiger partial charge in [-0.15, -0.1) is 0 Å². The van der Waals surface area contributed by atoms with Crippen LogP contribution >= 0.6 is 0 Å². The van der Waals surface area contributed by atoms with E-state index in [9.17, 15) is 24.3 Å². The van der Waals surface area contributed by atoms with E-state index in [0.29, 0.717) is 0 Å². The van der Waals surface area contributed by atoms with Gasteiger partial charge in [-0.05, 0) is 13.8 Å². The number of hydrogen-bond donors (Lipinski definition) is 2. The maximum atomic E-state index is 12.0. The molecule has 2 atom stereocenters. The van der Waals surface area contributed by atoms with Crippen molar-refractivity contribution in [3.05, 3.63) is 0 Å². The summed E-state index contributed by atoms with van der Waals surface area (Å²) in [4.78, 5) is 46.9. The molecule has 0 saturated heterocycles. The first kappa shape index (κ1) is 22.8. The van der Waals surface area contributed by atoms with Gasteiger partial charge < -0.3 is 29.4 Å². The maximum absolute atomic E-state index is 12.0. The molecule has 0 aliphatic carbocycles. The minimum atomic E-state index is -1.65. The second-order valence-corrected chi connectivity index (χ2v) is 4.80. The summed E-state index contributed by atoms with van der Waals surface area (Å²) in [5.74, 6) is -5.32. The van der Waals surface area contributed by atoms with Crippen LogP contribution < -0.4 is 5.32 Å². The van der Waals surface area contributed by atoms with Gasteiger partial charge in [-0.2, -0.15) is 0 Å². The Morgan fingerprint density at radius 2 is 1.68 bits per heavy atom. The van der Waals surface area contributed by atoms with Gasteiger partial charge in [0, 0.05) is 7.11 Å². The first-order valence-corrected chi connectivity index (χ1v) is 7.78. The van der Waals surface area contributed by atoms with Gasteiger partial charge in [-0.3, -0.25) is 14.4 Å². The number of rotatable bonds is 13. The number of methoxy groups -OCH3 is 1. The minimum absolute atomic E-state index is 0.00142. The van der Waals surface area contributed by atoms with Gasteiger partial charge in [-0.1, -0.05) is 0 Å². The molecule has 2 N–H and O–H groups in total. The second kappa shape index (κ2) is 13.1. The van der Waals surface area contributed by atoms with Crippen LogP contribution in [0.5, 0.6) is 0 Å². The smallest absolute Gasteiger partial charge is 0.327 e. The number of ether oxygens (including phenoxy) is 4. The highest BCUT2D eigenvalue weighted by Crippen LogP contribution is 2.14. The largest absolute Gasteiger partial charge is 0.480 e. The molecule has 0 bridgehead atoms. The van der Waals surface area contributed by atoms with Gasteiger partial charge in [-0.25, -0.2) is 4.79 Å². The number of carbonyl (C=O) groups excluding carboxylic acids is 3. The third kappa shape index (κ3) is 9.62. The summed E-state index contributed by atoms with van der Waals surface area (Å²) in [5, 5.41) is 11.5. The van der Waals surface area contributed by atoms with Crippen molar-refractivity contribution in [2.24, 2.45) is 5.92 Å². The molecular weight excluding hydrogens is 338 g/mol. The number of nitrogens with one attached hydrogen (secondary N) is 1. The molecule has 0 aromatic rings. The molecule has 10 heteroatoms. The van der Waals surface area contributed by atoms with E-state index in [2.05, 4.69) is 5.32 Å². The Morgan fingerprint density at radius 1 is 1.04 bits per heavy atom. The normalized spacial score (nSPS) is 12.8. The predicted molar refractivity (Wildman–Crippen MR) is 83.6 cm³/mol. The fourth-order valence-corrected chi connectivity index (χ4v) is 1.84. The highest BCUT2D eigenvalue weighted by atomic mass is 16.5. The quantitative estimate of drug-likeness (QED) is 0.323. The fourth-order valence-electron chi connectivity index (χ4n) is 1.84. The monoisotopic (exact) mass is 363 g/mol. The molecule has 25 heavy (non-hydrogen) atoms. The Balaban J connectivity index is 5.00. The standard InChI is InChI=1S/C15H25NO9/c1-4-24-12(18)8-10(15(21)25-5-2)13(14(19)20)16-11(17)9-23-7-6-22-3/h10,13H,4-9H2,1-3H3,(H,16,17)(H,19,20)/t10-,13+/m1/s1. The zero-order valence-electron chi connectivity index (χ0n) is 14.6. The van der Waals surface area contributed by atoms with Crippen molar-refractivity contribution in [3.8, 4) is 0 Å². The van der Waals surface area contributed by atoms with Crippen molar-refractivity contribution in [1.82, 2.24) is 5.32 Å². The van der Waals surface area contributed by atoms with Crippen molar-refractivity contribution in [2.45, 2.75) is 26.3 Å². The fraction of sp³-hybridized carbons (Fsp3) is 0.733. The number of aliphatic carboxylic acids is 1. The number of carboxylic acid groups (broad SMARTS) is 1. The van der Waals surface area contributed by atoms with Crippen molar-refractivity contribution >= 4 is 23.8 Å². The van der Waals surface area contributed by atoms with Crippen LogP contribution in [0, 0.1) is 5.92 Å². The Morgan fingerprint density at radius 3 is 2.20 bits per heavy atom. The lowest BCUT2D eigenvalue weighted by atomic mass is 9.96. The van der Waals surface area contributed by atoms with Gasteiger partial charge in [0.25, 0.3) is 0 Å². The van der Waals surface area contributed by atoms with Gasteiger partial charge in [0.1, 0.15) is 12.6 Å². The average molecular weight is 363 g/mol. The third-order valence-electron chi connectivity index (χ3n) is 2.93. The number of esters is 2. The summed E-state index contributed by atoms with van der Waals surface area (Å²) in [6.07, 6.45) is -0.533. The lowest BCUT2D eigenvalue weighted by Crippen LogP contribution is -2.50. The van der Waals surface area contributed by atoms with Gasteiger partial charge in [0.05, 0.1) is 38.8 Å². The highest BCUT2D eigenvalue weighted by molar-refractivity contribution is 5.90. The van der Waals surface area contributed by atoms with Crippen molar-refractivity contribution < 1.29 is 43.2 Å². The molecule has 0 rings (SSSR count). The molecule has 144 valence electrons. The van der Waals surface area contributed by atoms with Crippen LogP contribution in [-0.4, -0.2) is 75.1 Å². The summed E-state index contributed by atoms with van der Waals surface area (Å²) in [5.41, 5.74) is 0. The van der Waals surface area contributed by atoms with Gasteiger partial charge in [0.2, 0.25) is 5.91 Å². The Hall–Kier alpha value is -2.20. The molecular formula is C15H25NO9. The molecule has 0 aliphatic heterocycles. The maximum Gasteiger partial charge on any atom is 0.327 e. The molecule has 1 amide bonds. The third-order valence-corrected chi connectivity index (χ3v) is 2.93. The van der Waals surface area contributed by atoms with E-state index in [1.807, 2.05) is 0 Å². The molecule has 0 aromatic carbocycles. The van der Waals surface area contributed by atoms with E-state index in [4.69, 9.17) is 18.9 Å². The zero-order valence-corrected chi connectivity index (χ0v) is 14.6. The zero-order chi connectivity index (χ0) is 19.2. The highest BCUT2D eigenvalue weighted by Gasteiger charge is 2.38. The van der Waals surface area contributed by atoms with Gasteiger partial charge in [0.15, 0.2) is 0 Å². The second-order valence-electron chi connectivity index (χ2n) is 4.80. The molecule has 0 aromatic heterocycles. The SMILES string of the molecule is CCOC(=O)C[C@@H](C(=O)OCC)[C@H](NC(=O)COCCOC)C(=O)O. The lowest BCUT2D eigenvalue weighted by Gasteiger charge is -2.22. The minimum Gasteiger partial charge on any atom is -0.480 e. The van der Waals surface area contributed by atoms with Crippen LogP contribution in [0.1, 0.15) is 20.3 Å². The van der Waals surface area contributed by atoms with Crippen molar-refractivity contribution in [1.29, 1.82) is 0 Å². The number of carbonyl (C=O) groups is 4. The van der Waals surface area contributed by atoms with Crippen molar-refractivity contribution in [2.75, 3.05) is 40.1 Å². The molecule has 10 nitrogen and oxygen atoms in total. The molecule has 0 spiro atoms. The van der Waals surface area contributed by atoms with Gasteiger partial charge >= 0.3 is 17.9 Å². The number of carboxylic acids is 1. The Bertz CT molecular complexity index is 452. The number of hydrogen-bond acceptors (Lipinski definition) is 8. The summed E-state index contributed by atoms with van der Waals surface area (Å²) in [7, 11) is 1.46. The topological polar surface area (TPSA) is 137 Å². The van der Waals surface area contributed by atoms with E-state index >= 15 is 0 Å². The molecule has 0 heterocycles. The van der Waals surface area contributed by atoms with Crippen LogP contribution in [0.3, 0.4) is 0 Å². The predicted octanol–water partition coefficient (Wildman–Crippen LogP) is -0.649. The van der Waals surface area contributed by atoms with E-state index in [1.165, 1.54) is 14.0 Å². The van der Waals surface area contributed by atoms with Crippen molar-refractivity contribution in [3.63, 3.8) is 0 Å². The first-order chi connectivity index (χ1) is 11.9. The van der Waals surface area contributed by atoms with E-state index in [0.717, 1.165) is 0 Å². The first-order valence-electron chi connectivity index (χ1n) is 7.78. The Labute approximate surface area is 145 Å². The molecule has 0 fully saturated rings. The van der Waals surface area contributed by atoms with E-state index in [-0.39, 0.29) is 26.4 Å². The lowest BCUT2D eigenvalue weighted by molar-refractivity contribution is -0.160.